The van der Waals surface area contributed by atoms with Gasteiger partial charge in [-0.25, -0.2) is 0 Å². The zero-order valence-electron chi connectivity index (χ0n) is 12.4. The van der Waals surface area contributed by atoms with Crippen molar-refractivity contribution in [2.75, 3.05) is 6.54 Å². The van der Waals surface area contributed by atoms with E-state index in [4.69, 9.17) is 5.73 Å². The summed E-state index contributed by atoms with van der Waals surface area (Å²) in [6.45, 7) is 4.88. The van der Waals surface area contributed by atoms with Crippen LogP contribution >= 0.6 is 0 Å². The molecule has 2 saturated carbocycles. The number of hydrogen-bond acceptors (Lipinski definition) is 2. The van der Waals surface area contributed by atoms with E-state index in [9.17, 15) is 5.11 Å². The Bertz CT molecular complexity index is 334. The second-order valence-corrected chi connectivity index (χ2v) is 7.25. The van der Waals surface area contributed by atoms with Crippen LogP contribution in [0.3, 0.4) is 0 Å². The molecule has 19 heavy (non-hydrogen) atoms. The van der Waals surface area contributed by atoms with Gasteiger partial charge in [-0.2, -0.15) is 0 Å². The maximum Gasteiger partial charge on any atom is 0.188 e. The molecular weight excluding hydrogens is 238 g/mol. The highest BCUT2D eigenvalue weighted by atomic mass is 16.3. The second kappa shape index (κ2) is 5.70. The van der Waals surface area contributed by atoms with Gasteiger partial charge in [-0.1, -0.05) is 26.7 Å². The van der Waals surface area contributed by atoms with Gasteiger partial charge in [0, 0.05) is 6.04 Å². The van der Waals surface area contributed by atoms with Gasteiger partial charge in [0.1, 0.15) is 0 Å². The SMILES string of the molecule is CC1(C)CCCC(O)(CN=C(N)NC2CCCC2)C1. The molecule has 4 nitrogen and oxygen atoms in total. The first-order chi connectivity index (χ1) is 8.89. The first kappa shape index (κ1) is 14.6. The lowest BCUT2D eigenvalue weighted by molar-refractivity contribution is -0.0307. The van der Waals surface area contributed by atoms with Crippen molar-refractivity contribution in [3.63, 3.8) is 0 Å². The molecule has 0 bridgehead atoms. The zero-order chi connectivity index (χ0) is 13.9. The van der Waals surface area contributed by atoms with Crippen molar-refractivity contribution in [1.82, 2.24) is 5.32 Å². The first-order valence-electron chi connectivity index (χ1n) is 7.68. The molecule has 0 aromatic heterocycles. The minimum atomic E-state index is -0.663. The molecule has 110 valence electrons. The smallest absolute Gasteiger partial charge is 0.188 e. The molecule has 2 aliphatic rings. The molecule has 0 saturated heterocycles. The van der Waals surface area contributed by atoms with Crippen molar-refractivity contribution in [2.45, 2.75) is 76.9 Å². The second-order valence-electron chi connectivity index (χ2n) is 7.25. The molecule has 0 aliphatic heterocycles. The number of aliphatic imine (C=N–C) groups is 1. The summed E-state index contributed by atoms with van der Waals surface area (Å²) in [4.78, 5) is 4.38. The van der Waals surface area contributed by atoms with Gasteiger partial charge in [0.15, 0.2) is 5.96 Å². The van der Waals surface area contributed by atoms with E-state index in [-0.39, 0.29) is 5.41 Å². The van der Waals surface area contributed by atoms with E-state index in [0.29, 0.717) is 18.5 Å². The number of nitrogens with zero attached hydrogens (tertiary/aromatic N) is 1. The summed E-state index contributed by atoms with van der Waals surface area (Å²) in [5.74, 6) is 0.503. The lowest BCUT2D eigenvalue weighted by atomic mass is 9.70. The third kappa shape index (κ3) is 4.37. The van der Waals surface area contributed by atoms with Gasteiger partial charge in [0.25, 0.3) is 0 Å². The maximum absolute atomic E-state index is 10.6. The topological polar surface area (TPSA) is 70.6 Å². The average Bonchev–Trinajstić information content (AvgIpc) is 2.77. The number of aliphatic hydroxyl groups is 1. The molecule has 2 rings (SSSR count). The van der Waals surface area contributed by atoms with Crippen LogP contribution in [0.15, 0.2) is 4.99 Å². The highest BCUT2D eigenvalue weighted by molar-refractivity contribution is 5.78. The largest absolute Gasteiger partial charge is 0.388 e. The van der Waals surface area contributed by atoms with Gasteiger partial charge in [-0.3, -0.25) is 4.99 Å². The Morgan fingerprint density at radius 1 is 1.26 bits per heavy atom. The monoisotopic (exact) mass is 267 g/mol. The fourth-order valence-electron chi connectivity index (χ4n) is 3.66. The number of rotatable bonds is 3. The van der Waals surface area contributed by atoms with E-state index in [1.807, 2.05) is 0 Å². The van der Waals surface area contributed by atoms with Crippen LogP contribution in [0.1, 0.15) is 65.2 Å². The molecule has 0 aromatic carbocycles. The van der Waals surface area contributed by atoms with Crippen molar-refractivity contribution in [3.8, 4) is 0 Å². The highest BCUT2D eigenvalue weighted by Gasteiger charge is 2.38. The molecule has 0 spiro atoms. The third-order valence-corrected chi connectivity index (χ3v) is 4.55. The Morgan fingerprint density at radius 2 is 1.95 bits per heavy atom. The molecule has 0 aromatic rings. The van der Waals surface area contributed by atoms with Gasteiger partial charge in [0.05, 0.1) is 12.1 Å². The normalized spacial score (nSPS) is 32.5. The molecule has 0 radical (unpaired) electrons. The predicted molar refractivity (Wildman–Crippen MR) is 79.1 cm³/mol. The number of nitrogens with one attached hydrogen (secondary N) is 1. The van der Waals surface area contributed by atoms with Crippen LogP contribution in [0.25, 0.3) is 0 Å². The third-order valence-electron chi connectivity index (χ3n) is 4.55. The molecule has 1 unspecified atom stereocenters. The number of guanidine groups is 1. The van der Waals surface area contributed by atoms with Crippen LogP contribution in [-0.2, 0) is 0 Å². The van der Waals surface area contributed by atoms with E-state index < -0.39 is 5.60 Å². The van der Waals surface area contributed by atoms with Gasteiger partial charge in [-0.05, 0) is 43.9 Å². The van der Waals surface area contributed by atoms with Crippen molar-refractivity contribution in [2.24, 2.45) is 16.1 Å². The average molecular weight is 267 g/mol. The van der Waals surface area contributed by atoms with Crippen LogP contribution in [0.4, 0.5) is 0 Å². The van der Waals surface area contributed by atoms with Crippen molar-refractivity contribution in [3.05, 3.63) is 0 Å². The van der Waals surface area contributed by atoms with Crippen LogP contribution in [-0.4, -0.2) is 29.3 Å². The maximum atomic E-state index is 10.6. The van der Waals surface area contributed by atoms with Gasteiger partial charge in [-0.15, -0.1) is 0 Å². The van der Waals surface area contributed by atoms with E-state index in [2.05, 4.69) is 24.2 Å². The lowest BCUT2D eigenvalue weighted by Gasteiger charge is -2.40. The van der Waals surface area contributed by atoms with Crippen LogP contribution in [0, 0.1) is 5.41 Å². The van der Waals surface area contributed by atoms with Gasteiger partial charge in [0.2, 0.25) is 0 Å². The van der Waals surface area contributed by atoms with E-state index in [1.165, 1.54) is 32.1 Å². The van der Waals surface area contributed by atoms with Crippen molar-refractivity contribution in [1.29, 1.82) is 0 Å². The van der Waals surface area contributed by atoms with Gasteiger partial charge < -0.3 is 16.2 Å². The van der Waals surface area contributed by atoms with Crippen LogP contribution in [0.5, 0.6) is 0 Å². The summed E-state index contributed by atoms with van der Waals surface area (Å²) in [6, 6.07) is 0.487. The van der Waals surface area contributed by atoms with E-state index in [1.54, 1.807) is 0 Å². The molecule has 2 aliphatic carbocycles. The molecule has 0 amide bonds. The van der Waals surface area contributed by atoms with Crippen molar-refractivity contribution >= 4 is 5.96 Å². The number of hydrogen-bond donors (Lipinski definition) is 3. The molecule has 1 atom stereocenters. The molecule has 4 N–H and O–H groups in total. The summed E-state index contributed by atoms with van der Waals surface area (Å²) in [6.07, 6.45) is 8.87. The standard InChI is InChI=1S/C15H29N3O/c1-14(2)8-5-9-15(19,10-14)11-17-13(16)18-12-6-3-4-7-12/h12,19H,3-11H2,1-2H3,(H3,16,17,18). The molecule has 4 heteroatoms. The predicted octanol–water partition coefficient (Wildman–Crippen LogP) is 2.16. The Morgan fingerprint density at radius 3 is 2.58 bits per heavy atom. The summed E-state index contributed by atoms with van der Waals surface area (Å²) in [5, 5.41) is 13.9. The van der Waals surface area contributed by atoms with Gasteiger partial charge >= 0.3 is 0 Å². The first-order valence-corrected chi connectivity index (χ1v) is 7.68. The molecule has 0 heterocycles. The minimum Gasteiger partial charge on any atom is -0.388 e. The fourth-order valence-corrected chi connectivity index (χ4v) is 3.66. The quantitative estimate of drug-likeness (QED) is 0.542. The highest BCUT2D eigenvalue weighted by Crippen LogP contribution is 2.40. The number of nitrogens with two attached hydrogens (primary N) is 1. The van der Waals surface area contributed by atoms with Crippen LogP contribution < -0.4 is 11.1 Å². The molecular formula is C15H29N3O. The fraction of sp³-hybridized carbons (Fsp3) is 0.933. The van der Waals surface area contributed by atoms with E-state index in [0.717, 1.165) is 19.3 Å². The Kier molecular flexibility index (Phi) is 4.39. The summed E-state index contributed by atoms with van der Waals surface area (Å²) in [5.41, 5.74) is 5.48. The zero-order valence-corrected chi connectivity index (χ0v) is 12.4. The Labute approximate surface area is 116 Å². The Balaban J connectivity index is 1.85. The van der Waals surface area contributed by atoms with Crippen molar-refractivity contribution < 1.29 is 5.11 Å². The van der Waals surface area contributed by atoms with E-state index >= 15 is 0 Å². The summed E-state index contributed by atoms with van der Waals surface area (Å²) >= 11 is 0. The lowest BCUT2D eigenvalue weighted by Crippen LogP contribution is -2.44. The molecule has 2 fully saturated rings. The summed E-state index contributed by atoms with van der Waals surface area (Å²) < 4.78 is 0. The Hall–Kier alpha value is -0.770. The minimum absolute atomic E-state index is 0.218. The summed E-state index contributed by atoms with van der Waals surface area (Å²) in [7, 11) is 0. The van der Waals surface area contributed by atoms with Crippen LogP contribution in [0.2, 0.25) is 0 Å².